The number of rotatable bonds is 6. The summed E-state index contributed by atoms with van der Waals surface area (Å²) in [6.45, 7) is 15.9. The molecule has 0 fully saturated rings. The fourth-order valence-electron chi connectivity index (χ4n) is 5.63. The smallest absolute Gasteiger partial charge is 0.120 e. The molecule has 6 aromatic rings. The van der Waals surface area contributed by atoms with Crippen molar-refractivity contribution in [2.45, 2.75) is 66.1 Å². The summed E-state index contributed by atoms with van der Waals surface area (Å²) in [5, 5.41) is 3.84. The number of hydrogen-bond acceptors (Lipinski definition) is 3. The quantitative estimate of drug-likeness (QED) is 0.125. The molecule has 0 bridgehead atoms. The van der Waals surface area contributed by atoms with Gasteiger partial charge in [0.05, 0.1) is 5.58 Å². The molecule has 0 aliphatic rings. The fourth-order valence-corrected chi connectivity index (χ4v) is 7.14. The molecule has 43 heavy (non-hydrogen) atoms. The van der Waals surface area contributed by atoms with Crippen molar-refractivity contribution < 1.29 is 24.5 Å². The predicted octanol–water partition coefficient (Wildman–Crippen LogP) is 10.1. The van der Waals surface area contributed by atoms with Crippen molar-refractivity contribution in [3.8, 4) is 22.5 Å². The van der Waals surface area contributed by atoms with Gasteiger partial charge in [-0.15, -0.1) is 53.2 Å². The largest absolute Gasteiger partial charge is 0.501 e. The van der Waals surface area contributed by atoms with E-state index in [1.54, 1.807) is 0 Å². The van der Waals surface area contributed by atoms with Gasteiger partial charge in [-0.1, -0.05) is 80.3 Å². The molecule has 3 nitrogen and oxygen atoms in total. The Balaban J connectivity index is 0.000000253. The van der Waals surface area contributed by atoms with Gasteiger partial charge in [0.2, 0.25) is 0 Å². The van der Waals surface area contributed by atoms with E-state index in [1.165, 1.54) is 32.6 Å². The number of furan rings is 1. The molecule has 0 unspecified atom stereocenters. The van der Waals surface area contributed by atoms with Crippen LogP contribution in [0.4, 0.5) is 0 Å². The minimum atomic E-state index is -1.56. The molecule has 5 heteroatoms. The van der Waals surface area contributed by atoms with E-state index in [4.69, 9.17) is 9.40 Å². The average Bonchev–Trinajstić information content (AvgIpc) is 3.38. The van der Waals surface area contributed by atoms with E-state index in [0.29, 0.717) is 5.92 Å². The number of hydrogen-bond donors (Lipinski definition) is 0. The third-order valence-electron chi connectivity index (χ3n) is 7.99. The third kappa shape index (κ3) is 7.07. The molecule has 0 amide bonds. The van der Waals surface area contributed by atoms with Crippen molar-refractivity contribution in [1.29, 1.82) is 0 Å². The van der Waals surface area contributed by atoms with Gasteiger partial charge in [-0.3, -0.25) is 0 Å². The Labute approximate surface area is 271 Å². The van der Waals surface area contributed by atoms with Crippen LogP contribution in [-0.4, -0.2) is 18.0 Å². The summed E-state index contributed by atoms with van der Waals surface area (Å²) in [4.78, 5) is 9.07. The Morgan fingerprint density at radius 2 is 1.60 bits per heavy atom. The molecular formula is C38H40IrN2OSi-2. The van der Waals surface area contributed by atoms with Crippen LogP contribution in [0, 0.1) is 26.0 Å². The summed E-state index contributed by atoms with van der Waals surface area (Å²) >= 11 is 0. The molecule has 3 aromatic carbocycles. The van der Waals surface area contributed by atoms with E-state index in [-0.39, 0.29) is 20.1 Å². The molecule has 0 atom stereocenters. The maximum Gasteiger partial charge on any atom is 0.120 e. The first-order valence-electron chi connectivity index (χ1n) is 14.9. The first kappa shape index (κ1) is 32.5. The van der Waals surface area contributed by atoms with Crippen LogP contribution in [0.25, 0.3) is 44.5 Å². The Kier molecular flexibility index (Phi) is 10.6. The topological polar surface area (TPSA) is 38.9 Å². The van der Waals surface area contributed by atoms with E-state index in [2.05, 4.69) is 101 Å². The zero-order chi connectivity index (χ0) is 29.9. The van der Waals surface area contributed by atoms with Crippen LogP contribution >= 0.6 is 0 Å². The molecule has 0 aliphatic carbocycles. The van der Waals surface area contributed by atoms with E-state index in [0.717, 1.165) is 46.5 Å². The van der Waals surface area contributed by atoms with Crippen molar-refractivity contribution in [3.05, 3.63) is 114 Å². The van der Waals surface area contributed by atoms with Crippen LogP contribution in [0.2, 0.25) is 19.6 Å². The maximum absolute atomic E-state index is 6.41. The summed E-state index contributed by atoms with van der Waals surface area (Å²) in [6, 6.07) is 31.5. The predicted molar refractivity (Wildman–Crippen MR) is 180 cm³/mol. The van der Waals surface area contributed by atoms with Crippen molar-refractivity contribution in [1.82, 2.24) is 9.97 Å². The van der Waals surface area contributed by atoms with E-state index in [9.17, 15) is 0 Å². The van der Waals surface area contributed by atoms with E-state index in [1.807, 2.05) is 48.8 Å². The van der Waals surface area contributed by atoms with Gasteiger partial charge >= 0.3 is 0 Å². The van der Waals surface area contributed by atoms with Gasteiger partial charge < -0.3 is 14.4 Å². The number of aromatic nitrogens is 2. The first-order chi connectivity index (χ1) is 20.2. The van der Waals surface area contributed by atoms with Gasteiger partial charge in [0.25, 0.3) is 0 Å². The zero-order valence-electron chi connectivity index (χ0n) is 26.2. The van der Waals surface area contributed by atoms with Gasteiger partial charge in [-0.05, 0) is 67.3 Å². The standard InChI is InChI=1S/C26H30NOSi.C12H10N.Ir/c1-7-18(8-2)21-15-22(27-16-17(21)3)19-13-14-24(29(4,5)6)25-20-11-9-10-12-23(20)28-26(19)25;1-10-7-8-13-12(9-10)11-5-3-2-4-6-11;/h9-12,14-16,18H,7-8H2,1-6H3;2-5,7-9H,1H3;/q2*-1;. The van der Waals surface area contributed by atoms with Crippen LogP contribution in [0.5, 0.6) is 0 Å². The van der Waals surface area contributed by atoms with Crippen LogP contribution in [0.15, 0.2) is 89.6 Å². The molecule has 6 rings (SSSR count). The van der Waals surface area contributed by atoms with Gasteiger partial charge in [0, 0.05) is 46.0 Å². The molecule has 0 saturated carbocycles. The summed E-state index contributed by atoms with van der Waals surface area (Å²) in [7, 11) is -1.56. The molecule has 1 radical (unpaired) electrons. The maximum atomic E-state index is 6.41. The number of nitrogens with zero attached hydrogens (tertiary/aromatic N) is 2. The van der Waals surface area contributed by atoms with Gasteiger partial charge in [0.15, 0.2) is 0 Å². The van der Waals surface area contributed by atoms with Gasteiger partial charge in [-0.2, -0.15) is 0 Å². The summed E-state index contributed by atoms with van der Waals surface area (Å²) in [6.07, 6.45) is 6.11. The van der Waals surface area contributed by atoms with Crippen molar-refractivity contribution in [3.63, 3.8) is 0 Å². The Morgan fingerprint density at radius 1 is 0.860 bits per heavy atom. The number of pyridine rings is 2. The molecule has 223 valence electrons. The SMILES string of the molecule is CCC(CC)c1cc(-c2[c-]cc([Si](C)(C)C)c3c2oc2ccccc23)ncc1C.Cc1ccnc(-c2[c-]cccc2)c1.[Ir]. The number of benzene rings is 3. The fraction of sp³-hybridized carbons (Fsp3) is 0.263. The normalized spacial score (nSPS) is 11.3. The van der Waals surface area contributed by atoms with Gasteiger partial charge in [0.1, 0.15) is 5.58 Å². The van der Waals surface area contributed by atoms with Crippen molar-refractivity contribution >= 4 is 35.2 Å². The second kappa shape index (κ2) is 13.9. The minimum absolute atomic E-state index is 0. The van der Waals surface area contributed by atoms with E-state index < -0.39 is 8.07 Å². The molecule has 0 saturated heterocycles. The average molecular weight is 761 g/mol. The number of para-hydroxylation sites is 1. The molecule has 0 N–H and O–H groups in total. The third-order valence-corrected chi connectivity index (χ3v) is 10.00. The van der Waals surface area contributed by atoms with Crippen LogP contribution in [0.1, 0.15) is 49.3 Å². The molecular weight excluding hydrogens is 721 g/mol. The Hall–Kier alpha value is -3.37. The number of aryl methyl sites for hydroxylation is 2. The number of fused-ring (bicyclic) bond motifs is 3. The summed E-state index contributed by atoms with van der Waals surface area (Å²) in [5.74, 6) is 0.559. The monoisotopic (exact) mass is 761 g/mol. The minimum Gasteiger partial charge on any atom is -0.501 e. The van der Waals surface area contributed by atoms with Crippen LogP contribution < -0.4 is 5.19 Å². The second-order valence-electron chi connectivity index (χ2n) is 12.1. The Bertz CT molecular complexity index is 1820. The van der Waals surface area contributed by atoms with E-state index >= 15 is 0 Å². The molecule has 0 aliphatic heterocycles. The molecule has 0 spiro atoms. The summed E-state index contributed by atoms with van der Waals surface area (Å²) < 4.78 is 6.41. The van der Waals surface area contributed by atoms with Gasteiger partial charge in [-0.25, -0.2) is 0 Å². The molecule has 3 aromatic heterocycles. The molecule has 3 heterocycles. The van der Waals surface area contributed by atoms with Crippen LogP contribution in [-0.2, 0) is 20.1 Å². The first-order valence-corrected chi connectivity index (χ1v) is 18.4. The van der Waals surface area contributed by atoms with Crippen molar-refractivity contribution in [2.24, 2.45) is 0 Å². The second-order valence-corrected chi connectivity index (χ2v) is 17.1. The summed E-state index contributed by atoms with van der Waals surface area (Å²) in [5.41, 5.74) is 9.73. The van der Waals surface area contributed by atoms with Crippen LogP contribution in [0.3, 0.4) is 0 Å². The van der Waals surface area contributed by atoms with Crippen molar-refractivity contribution in [2.75, 3.05) is 0 Å². The Morgan fingerprint density at radius 3 is 2.28 bits per heavy atom. The zero-order valence-corrected chi connectivity index (χ0v) is 29.6.